The van der Waals surface area contributed by atoms with Crippen molar-refractivity contribution in [2.24, 2.45) is 0 Å². The van der Waals surface area contributed by atoms with Crippen LogP contribution in [-0.4, -0.2) is 17.1 Å². The van der Waals surface area contributed by atoms with Crippen molar-refractivity contribution in [1.29, 1.82) is 0 Å². The van der Waals surface area contributed by atoms with Gasteiger partial charge in [0.1, 0.15) is 6.17 Å². The third-order valence-electron chi connectivity index (χ3n) is 4.52. The lowest BCUT2D eigenvalue weighted by molar-refractivity contribution is 0.0307. The molecule has 2 heterocycles. The van der Waals surface area contributed by atoms with Gasteiger partial charge in [-0.25, -0.2) is 4.39 Å². The smallest absolute Gasteiger partial charge is 0.113 e. The van der Waals surface area contributed by atoms with Crippen LogP contribution in [0.2, 0.25) is 0 Å². The van der Waals surface area contributed by atoms with Crippen molar-refractivity contribution in [3.05, 3.63) is 35.4 Å². The van der Waals surface area contributed by atoms with E-state index in [1.807, 2.05) is 6.92 Å². The molecule has 3 heteroatoms. The minimum Gasteiger partial charge on any atom is -0.284 e. The predicted molar refractivity (Wildman–Crippen MR) is 74.9 cm³/mol. The van der Waals surface area contributed by atoms with Gasteiger partial charge in [0.05, 0.1) is 0 Å². The number of benzene rings is 1. The highest BCUT2D eigenvalue weighted by atomic mass is 35.5. The van der Waals surface area contributed by atoms with Crippen molar-refractivity contribution in [2.75, 3.05) is 0 Å². The van der Waals surface area contributed by atoms with Crippen molar-refractivity contribution in [1.82, 2.24) is 4.90 Å². The van der Waals surface area contributed by atoms with Crippen LogP contribution in [0.25, 0.3) is 0 Å². The third-order valence-corrected chi connectivity index (χ3v) is 4.52. The molecular formula is C15H21ClFN. The van der Waals surface area contributed by atoms with E-state index < -0.39 is 6.17 Å². The fraction of sp³-hybridized carbons (Fsp3) is 0.600. The Morgan fingerprint density at radius 2 is 1.61 bits per heavy atom. The number of rotatable bonds is 2. The molecule has 18 heavy (non-hydrogen) atoms. The van der Waals surface area contributed by atoms with Crippen LogP contribution < -0.4 is 0 Å². The molecule has 1 fully saturated rings. The molecule has 0 saturated carbocycles. The van der Waals surface area contributed by atoms with E-state index in [1.165, 1.54) is 30.4 Å². The standard InChI is InChI=1S/C15H20FN.ClH/c1-10(16)11(2)17-14-8-5-9-15(17)13-7-4-3-6-12(13)14;/h3-4,6-7,10-11,14-15H,5,8-9H2,1-2H3;1H. The molecule has 4 atom stereocenters. The molecule has 100 valence electrons. The number of nitrogens with zero attached hydrogens (tertiary/aromatic N) is 1. The van der Waals surface area contributed by atoms with E-state index in [0.717, 1.165) is 0 Å². The zero-order valence-corrected chi connectivity index (χ0v) is 11.8. The average molecular weight is 270 g/mol. The van der Waals surface area contributed by atoms with Crippen LogP contribution in [-0.2, 0) is 0 Å². The van der Waals surface area contributed by atoms with Gasteiger partial charge in [0.2, 0.25) is 0 Å². The summed E-state index contributed by atoms with van der Waals surface area (Å²) in [4.78, 5) is 2.42. The molecule has 1 aromatic carbocycles. The Kier molecular flexibility index (Phi) is 3.98. The first-order valence-electron chi connectivity index (χ1n) is 6.70. The second-order valence-electron chi connectivity index (χ2n) is 5.46. The molecule has 4 unspecified atom stereocenters. The normalized spacial score (nSPS) is 29.3. The Balaban J connectivity index is 0.00000120. The van der Waals surface area contributed by atoms with Crippen LogP contribution in [0.3, 0.4) is 0 Å². The molecule has 1 nitrogen and oxygen atoms in total. The molecule has 0 radical (unpaired) electrons. The van der Waals surface area contributed by atoms with Gasteiger partial charge in [-0.3, -0.25) is 4.90 Å². The summed E-state index contributed by atoms with van der Waals surface area (Å²) >= 11 is 0. The second-order valence-corrected chi connectivity index (χ2v) is 5.46. The molecule has 0 aromatic heterocycles. The summed E-state index contributed by atoms with van der Waals surface area (Å²) < 4.78 is 13.6. The Hall–Kier alpha value is -0.600. The van der Waals surface area contributed by atoms with E-state index in [1.54, 1.807) is 6.92 Å². The van der Waals surface area contributed by atoms with Crippen molar-refractivity contribution in [3.63, 3.8) is 0 Å². The van der Waals surface area contributed by atoms with Gasteiger partial charge in [0.15, 0.2) is 0 Å². The molecule has 1 aromatic rings. The number of halogens is 2. The average Bonchev–Trinajstić information content (AvgIpc) is 2.53. The van der Waals surface area contributed by atoms with E-state index in [-0.39, 0.29) is 18.4 Å². The fourth-order valence-corrected chi connectivity index (χ4v) is 3.57. The number of piperidine rings is 1. The number of fused-ring (bicyclic) bond motifs is 5. The van der Waals surface area contributed by atoms with Crippen LogP contribution in [0.1, 0.15) is 56.3 Å². The highest BCUT2D eigenvalue weighted by molar-refractivity contribution is 5.85. The van der Waals surface area contributed by atoms with Gasteiger partial charge < -0.3 is 0 Å². The maximum Gasteiger partial charge on any atom is 0.113 e. The second kappa shape index (κ2) is 5.18. The van der Waals surface area contributed by atoms with Crippen LogP contribution in [0, 0.1) is 0 Å². The van der Waals surface area contributed by atoms with Crippen molar-refractivity contribution in [3.8, 4) is 0 Å². The first-order valence-corrected chi connectivity index (χ1v) is 6.70. The molecule has 0 amide bonds. The van der Waals surface area contributed by atoms with E-state index in [4.69, 9.17) is 0 Å². The number of hydrogen-bond acceptors (Lipinski definition) is 1. The minimum atomic E-state index is -0.757. The van der Waals surface area contributed by atoms with Crippen LogP contribution in [0.4, 0.5) is 4.39 Å². The van der Waals surface area contributed by atoms with E-state index in [2.05, 4.69) is 29.2 Å². The van der Waals surface area contributed by atoms with E-state index in [9.17, 15) is 4.39 Å². The first-order chi connectivity index (χ1) is 8.20. The van der Waals surface area contributed by atoms with Gasteiger partial charge in [-0.05, 0) is 44.2 Å². The molecule has 2 aliphatic rings. The van der Waals surface area contributed by atoms with Crippen LogP contribution in [0.15, 0.2) is 24.3 Å². The van der Waals surface area contributed by atoms with Crippen molar-refractivity contribution < 1.29 is 4.39 Å². The van der Waals surface area contributed by atoms with Crippen LogP contribution in [0.5, 0.6) is 0 Å². The van der Waals surface area contributed by atoms with Gasteiger partial charge >= 0.3 is 0 Å². The summed E-state index contributed by atoms with van der Waals surface area (Å²) in [6, 6.07) is 9.62. The predicted octanol–water partition coefficient (Wildman–Crippen LogP) is 4.44. The summed E-state index contributed by atoms with van der Waals surface area (Å²) in [5, 5.41) is 0. The molecule has 0 N–H and O–H groups in total. The maximum atomic E-state index is 13.6. The first kappa shape index (κ1) is 13.8. The van der Waals surface area contributed by atoms with Crippen molar-refractivity contribution in [2.45, 2.75) is 57.4 Å². The van der Waals surface area contributed by atoms with Gasteiger partial charge in [-0.2, -0.15) is 0 Å². The zero-order valence-electron chi connectivity index (χ0n) is 11.0. The molecular weight excluding hydrogens is 249 g/mol. The summed E-state index contributed by atoms with van der Waals surface area (Å²) in [6.07, 6.45) is 2.88. The number of alkyl halides is 1. The Labute approximate surface area is 115 Å². The summed E-state index contributed by atoms with van der Waals surface area (Å²) in [5.41, 5.74) is 2.89. The maximum absolute atomic E-state index is 13.6. The minimum absolute atomic E-state index is 0. The van der Waals surface area contributed by atoms with Gasteiger partial charge in [-0.15, -0.1) is 12.4 Å². The van der Waals surface area contributed by atoms with Gasteiger partial charge in [-0.1, -0.05) is 24.3 Å². The molecule has 1 saturated heterocycles. The molecule has 2 aliphatic heterocycles. The quantitative estimate of drug-likeness (QED) is 0.767. The van der Waals surface area contributed by atoms with Crippen molar-refractivity contribution >= 4 is 12.4 Å². The lowest BCUT2D eigenvalue weighted by atomic mass is 9.97. The van der Waals surface area contributed by atoms with Gasteiger partial charge in [0, 0.05) is 18.1 Å². The topological polar surface area (TPSA) is 3.24 Å². The zero-order chi connectivity index (χ0) is 12.0. The van der Waals surface area contributed by atoms with Crippen LogP contribution >= 0.6 is 12.4 Å². The third kappa shape index (κ3) is 1.96. The molecule has 0 aliphatic carbocycles. The highest BCUT2D eigenvalue weighted by Crippen LogP contribution is 2.51. The lowest BCUT2D eigenvalue weighted by Crippen LogP contribution is -2.41. The molecule has 3 rings (SSSR count). The Bertz CT molecular complexity index is 390. The number of hydrogen-bond donors (Lipinski definition) is 0. The Morgan fingerprint density at radius 1 is 1.11 bits per heavy atom. The highest BCUT2D eigenvalue weighted by Gasteiger charge is 2.43. The SMILES string of the molecule is CC(F)C(C)N1C2CCCC1c1ccccc12.Cl. The monoisotopic (exact) mass is 269 g/mol. The lowest BCUT2D eigenvalue weighted by Gasteiger charge is -2.40. The summed E-state index contributed by atoms with van der Waals surface area (Å²) in [5.74, 6) is 0. The fourth-order valence-electron chi connectivity index (χ4n) is 3.57. The summed E-state index contributed by atoms with van der Waals surface area (Å²) in [6.45, 7) is 3.71. The van der Waals surface area contributed by atoms with E-state index in [0.29, 0.717) is 12.1 Å². The summed E-state index contributed by atoms with van der Waals surface area (Å²) in [7, 11) is 0. The largest absolute Gasteiger partial charge is 0.284 e. The molecule has 0 spiro atoms. The Morgan fingerprint density at radius 3 is 2.06 bits per heavy atom. The molecule has 2 bridgehead atoms. The van der Waals surface area contributed by atoms with Gasteiger partial charge in [0.25, 0.3) is 0 Å². The van der Waals surface area contributed by atoms with E-state index >= 15 is 0 Å².